The molecule has 3 aliphatic heterocycles. The van der Waals surface area contributed by atoms with Gasteiger partial charge in [-0.3, -0.25) is 9.69 Å². The van der Waals surface area contributed by atoms with E-state index in [1.54, 1.807) is 0 Å². The van der Waals surface area contributed by atoms with E-state index >= 15 is 0 Å². The van der Waals surface area contributed by atoms with Crippen molar-refractivity contribution in [3.05, 3.63) is 23.3 Å². The lowest BCUT2D eigenvalue weighted by atomic mass is 9.94. The Kier molecular flexibility index (Phi) is 5.50. The smallest absolute Gasteiger partial charge is 0.239 e. The maximum Gasteiger partial charge on any atom is 0.239 e. The summed E-state index contributed by atoms with van der Waals surface area (Å²) in [5.74, 6) is 1.69. The van der Waals surface area contributed by atoms with Crippen LogP contribution in [0.25, 0.3) is 0 Å². The summed E-state index contributed by atoms with van der Waals surface area (Å²) in [6, 6.07) is 0.0272. The summed E-state index contributed by atoms with van der Waals surface area (Å²) in [6.07, 6.45) is 8.72. The number of rotatable bonds is 3. The Morgan fingerprint density at radius 2 is 1.96 bits per heavy atom. The molecule has 26 heavy (non-hydrogen) atoms. The van der Waals surface area contributed by atoms with Gasteiger partial charge in [-0.25, -0.2) is 9.97 Å². The summed E-state index contributed by atoms with van der Waals surface area (Å²) >= 11 is 0. The summed E-state index contributed by atoms with van der Waals surface area (Å²) in [5, 5.41) is 3.37. The predicted molar refractivity (Wildman–Crippen MR) is 101 cm³/mol. The monoisotopic (exact) mass is 357 g/mol. The number of carbonyl (C=O) groups excluding carboxylic acids is 1. The molecule has 0 bridgehead atoms. The fourth-order valence-corrected chi connectivity index (χ4v) is 4.53. The van der Waals surface area contributed by atoms with Gasteiger partial charge in [-0.1, -0.05) is 6.42 Å². The van der Waals surface area contributed by atoms with Crippen LogP contribution in [-0.4, -0.2) is 64.4 Å². The number of likely N-dealkylation sites (tertiary alicyclic amines) is 2. The molecule has 0 saturated carbocycles. The van der Waals surface area contributed by atoms with E-state index in [1.807, 2.05) is 6.20 Å². The van der Waals surface area contributed by atoms with Crippen LogP contribution in [-0.2, 0) is 17.8 Å². The van der Waals surface area contributed by atoms with E-state index in [0.29, 0.717) is 11.8 Å². The number of nitrogens with zero attached hydrogens (tertiary/aromatic N) is 4. The normalized spacial score (nSPS) is 23.5. The molecule has 4 rings (SSSR count). The molecule has 1 aromatic rings. The highest BCUT2D eigenvalue weighted by Crippen LogP contribution is 2.27. The van der Waals surface area contributed by atoms with Crippen LogP contribution >= 0.6 is 0 Å². The molecule has 1 atom stereocenters. The van der Waals surface area contributed by atoms with Crippen LogP contribution in [0.15, 0.2) is 6.20 Å². The van der Waals surface area contributed by atoms with Crippen LogP contribution in [0.2, 0.25) is 0 Å². The highest BCUT2D eigenvalue weighted by Gasteiger charge is 2.31. The number of hydrogen-bond acceptors (Lipinski definition) is 5. The van der Waals surface area contributed by atoms with Gasteiger partial charge in [0.05, 0.1) is 6.04 Å². The topological polar surface area (TPSA) is 61.4 Å². The van der Waals surface area contributed by atoms with Crippen molar-refractivity contribution in [2.45, 2.75) is 64.0 Å². The Hall–Kier alpha value is -1.53. The SMILES string of the molecule is CC(C(=O)N1CCC(c2ncc3c(n2)CCNC3)CC1)N1CCCCC1. The number of nitrogens with one attached hydrogen (secondary N) is 1. The first-order chi connectivity index (χ1) is 12.7. The minimum absolute atomic E-state index is 0.0272. The zero-order chi connectivity index (χ0) is 17.9. The number of aromatic nitrogens is 2. The van der Waals surface area contributed by atoms with Crippen LogP contribution < -0.4 is 5.32 Å². The standard InChI is InChI=1S/C20H31N5O/c1-15(24-9-3-2-4-10-24)20(26)25-11-6-16(7-12-25)19-22-14-17-13-21-8-5-18(17)23-19/h14-16,21H,2-13H2,1H3. The van der Waals surface area contributed by atoms with Gasteiger partial charge in [0.2, 0.25) is 5.91 Å². The Labute approximate surface area is 156 Å². The van der Waals surface area contributed by atoms with Crippen molar-refractivity contribution in [2.75, 3.05) is 32.7 Å². The molecule has 142 valence electrons. The summed E-state index contributed by atoms with van der Waals surface area (Å²) in [7, 11) is 0. The maximum atomic E-state index is 12.9. The third kappa shape index (κ3) is 3.76. The molecule has 2 fully saturated rings. The molecule has 1 aromatic heterocycles. The second kappa shape index (κ2) is 8.01. The summed E-state index contributed by atoms with van der Waals surface area (Å²) in [5.41, 5.74) is 2.45. The molecule has 0 aliphatic carbocycles. The van der Waals surface area contributed by atoms with E-state index in [2.05, 4.69) is 27.0 Å². The third-order valence-corrected chi connectivity index (χ3v) is 6.29. The second-order valence-electron chi connectivity index (χ2n) is 8.00. The molecular formula is C20H31N5O. The largest absolute Gasteiger partial charge is 0.341 e. The Morgan fingerprint density at radius 3 is 2.73 bits per heavy atom. The molecule has 0 aromatic carbocycles. The molecule has 3 aliphatic rings. The first-order valence-corrected chi connectivity index (χ1v) is 10.3. The highest BCUT2D eigenvalue weighted by molar-refractivity contribution is 5.81. The fourth-order valence-electron chi connectivity index (χ4n) is 4.53. The first-order valence-electron chi connectivity index (χ1n) is 10.3. The molecule has 0 radical (unpaired) electrons. The van der Waals surface area contributed by atoms with Gasteiger partial charge in [0.15, 0.2) is 0 Å². The molecule has 6 heteroatoms. The van der Waals surface area contributed by atoms with Crippen molar-refractivity contribution in [1.82, 2.24) is 25.1 Å². The molecule has 4 heterocycles. The van der Waals surface area contributed by atoms with Crippen molar-refractivity contribution in [3.63, 3.8) is 0 Å². The van der Waals surface area contributed by atoms with Crippen molar-refractivity contribution < 1.29 is 4.79 Å². The molecular weight excluding hydrogens is 326 g/mol. The second-order valence-corrected chi connectivity index (χ2v) is 8.00. The zero-order valence-corrected chi connectivity index (χ0v) is 15.9. The van der Waals surface area contributed by atoms with Crippen molar-refractivity contribution in [2.24, 2.45) is 0 Å². The molecule has 1 unspecified atom stereocenters. The number of fused-ring (bicyclic) bond motifs is 1. The lowest BCUT2D eigenvalue weighted by molar-refractivity contribution is -0.137. The highest BCUT2D eigenvalue weighted by atomic mass is 16.2. The molecule has 0 spiro atoms. The van der Waals surface area contributed by atoms with Gasteiger partial charge < -0.3 is 10.2 Å². The van der Waals surface area contributed by atoms with Crippen LogP contribution in [0.4, 0.5) is 0 Å². The number of amides is 1. The molecule has 1 amide bonds. The minimum Gasteiger partial charge on any atom is -0.341 e. The third-order valence-electron chi connectivity index (χ3n) is 6.29. The van der Waals surface area contributed by atoms with Crippen molar-refractivity contribution in [3.8, 4) is 0 Å². The number of hydrogen-bond donors (Lipinski definition) is 1. The number of piperidine rings is 2. The van der Waals surface area contributed by atoms with E-state index in [-0.39, 0.29) is 6.04 Å². The first kappa shape index (κ1) is 17.9. The van der Waals surface area contributed by atoms with Crippen LogP contribution in [0.1, 0.15) is 62.0 Å². The van der Waals surface area contributed by atoms with Gasteiger partial charge in [-0.05, 0) is 45.7 Å². The van der Waals surface area contributed by atoms with Crippen LogP contribution in [0, 0.1) is 0 Å². The van der Waals surface area contributed by atoms with Crippen LogP contribution in [0.5, 0.6) is 0 Å². The molecule has 1 N–H and O–H groups in total. The van der Waals surface area contributed by atoms with Gasteiger partial charge in [0.25, 0.3) is 0 Å². The molecule has 2 saturated heterocycles. The van der Waals surface area contributed by atoms with Gasteiger partial charge in [-0.2, -0.15) is 0 Å². The maximum absolute atomic E-state index is 12.9. The van der Waals surface area contributed by atoms with E-state index in [0.717, 1.165) is 64.4 Å². The fraction of sp³-hybridized carbons (Fsp3) is 0.750. The van der Waals surface area contributed by atoms with E-state index in [1.165, 1.54) is 30.5 Å². The van der Waals surface area contributed by atoms with Crippen molar-refractivity contribution >= 4 is 5.91 Å². The summed E-state index contributed by atoms with van der Waals surface area (Å²) < 4.78 is 0. The Morgan fingerprint density at radius 1 is 1.19 bits per heavy atom. The Balaban J connectivity index is 1.34. The van der Waals surface area contributed by atoms with E-state index in [9.17, 15) is 4.79 Å². The van der Waals surface area contributed by atoms with Crippen molar-refractivity contribution in [1.29, 1.82) is 0 Å². The quantitative estimate of drug-likeness (QED) is 0.892. The van der Waals surface area contributed by atoms with E-state index in [4.69, 9.17) is 4.98 Å². The van der Waals surface area contributed by atoms with Gasteiger partial charge >= 0.3 is 0 Å². The lowest BCUT2D eigenvalue weighted by Gasteiger charge is -2.37. The van der Waals surface area contributed by atoms with Gasteiger partial charge in [-0.15, -0.1) is 0 Å². The minimum atomic E-state index is 0.0272. The van der Waals surface area contributed by atoms with Gasteiger partial charge in [0.1, 0.15) is 5.82 Å². The number of carbonyl (C=O) groups is 1. The predicted octanol–water partition coefficient (Wildman–Crippen LogP) is 1.70. The van der Waals surface area contributed by atoms with Gasteiger partial charge in [0, 0.05) is 56.0 Å². The summed E-state index contributed by atoms with van der Waals surface area (Å²) in [6.45, 7) is 7.79. The average molecular weight is 358 g/mol. The molecule has 6 nitrogen and oxygen atoms in total. The van der Waals surface area contributed by atoms with Crippen LogP contribution in [0.3, 0.4) is 0 Å². The average Bonchev–Trinajstić information content (AvgIpc) is 2.73. The lowest BCUT2D eigenvalue weighted by Crippen LogP contribution is -2.50. The summed E-state index contributed by atoms with van der Waals surface area (Å²) in [4.78, 5) is 26.8. The zero-order valence-electron chi connectivity index (χ0n) is 15.9. The van der Waals surface area contributed by atoms with E-state index < -0.39 is 0 Å². The Bertz CT molecular complexity index is 635.